The summed E-state index contributed by atoms with van der Waals surface area (Å²) >= 11 is 0. The van der Waals surface area contributed by atoms with Gasteiger partial charge in [-0.3, -0.25) is 9.97 Å². The number of hydrogen-bond acceptors (Lipinski definition) is 4. The predicted octanol–water partition coefficient (Wildman–Crippen LogP) is 11.9. The van der Waals surface area contributed by atoms with Crippen LogP contribution in [0.3, 0.4) is 0 Å². The van der Waals surface area contributed by atoms with Crippen molar-refractivity contribution in [2.24, 2.45) is 0 Å². The minimum atomic E-state index is -0.135. The molecule has 0 aliphatic rings. The van der Waals surface area contributed by atoms with Crippen molar-refractivity contribution in [2.75, 3.05) is 0 Å². The average Bonchev–Trinajstić information content (AvgIpc) is 3.78. The largest absolute Gasteiger partial charge is 0.504 e. The number of hydrogen-bond donors (Lipinski definition) is 1. The number of aromatic nitrogens is 3. The topological polar surface area (TPSA) is 63.6 Å². The van der Waals surface area contributed by atoms with Crippen LogP contribution < -0.4 is 0 Å². The monoisotopic (exact) mass is 853 g/mol. The number of imidazole rings is 1. The summed E-state index contributed by atoms with van der Waals surface area (Å²) < 4.78 is 8.50. The molecule has 6 heteroatoms. The Morgan fingerprint density at radius 1 is 0.673 bits per heavy atom. The molecule has 6 aromatic carbocycles. The fourth-order valence-corrected chi connectivity index (χ4v) is 7.55. The first-order chi connectivity index (χ1) is 24.8. The van der Waals surface area contributed by atoms with E-state index in [9.17, 15) is 5.11 Å². The molecule has 52 heavy (non-hydrogen) atoms. The third-order valence-corrected chi connectivity index (χ3v) is 10.2. The minimum Gasteiger partial charge on any atom is -0.504 e. The Morgan fingerprint density at radius 2 is 1.40 bits per heavy atom. The van der Waals surface area contributed by atoms with Crippen molar-refractivity contribution in [1.82, 2.24) is 14.4 Å². The molecule has 4 aromatic heterocycles. The van der Waals surface area contributed by atoms with Crippen molar-refractivity contribution in [3.63, 3.8) is 0 Å². The van der Waals surface area contributed by atoms with E-state index in [1.807, 2.05) is 48.7 Å². The Labute approximate surface area is 314 Å². The molecule has 4 heterocycles. The molecule has 0 amide bonds. The zero-order valence-corrected chi connectivity index (χ0v) is 31.0. The van der Waals surface area contributed by atoms with E-state index < -0.39 is 0 Å². The SMILES string of the molecule is CC(C)(C)c1cc(-c2cc(-c3ccccc3)ccn2)[c-]c(-c2cn3c4ccccc4c4cc5c(oc6ccc7ccccc7c65)c(O)c4c3n2)c1.[Pt]. The third-order valence-electron chi connectivity index (χ3n) is 10.2. The molecule has 10 rings (SSSR count). The van der Waals surface area contributed by atoms with Crippen LogP contribution in [0.4, 0.5) is 0 Å². The summed E-state index contributed by atoms with van der Waals surface area (Å²) in [4.78, 5) is 10.1. The Hall–Kier alpha value is -5.77. The van der Waals surface area contributed by atoms with Crippen molar-refractivity contribution in [3.05, 3.63) is 145 Å². The molecule has 0 unspecified atom stereocenters. The first-order valence-corrected chi connectivity index (χ1v) is 17.2. The van der Waals surface area contributed by atoms with Gasteiger partial charge in [0.25, 0.3) is 0 Å². The smallest absolute Gasteiger partial charge is 0.177 e. The summed E-state index contributed by atoms with van der Waals surface area (Å²) in [7, 11) is 0. The molecule has 0 fully saturated rings. The number of benzene rings is 6. The first-order valence-electron chi connectivity index (χ1n) is 17.2. The molecular weight excluding hydrogens is 822 g/mol. The number of fused-ring (bicyclic) bond motifs is 11. The molecule has 0 saturated heterocycles. The molecule has 0 saturated carbocycles. The molecule has 254 valence electrons. The van der Waals surface area contributed by atoms with Crippen molar-refractivity contribution in [2.45, 2.75) is 26.2 Å². The summed E-state index contributed by atoms with van der Waals surface area (Å²) in [5.74, 6) is 0.0886. The van der Waals surface area contributed by atoms with E-state index in [4.69, 9.17) is 14.4 Å². The van der Waals surface area contributed by atoms with Gasteiger partial charge in [0.15, 0.2) is 11.3 Å². The van der Waals surface area contributed by atoms with Gasteiger partial charge in [0.1, 0.15) is 11.2 Å². The van der Waals surface area contributed by atoms with Crippen LogP contribution in [-0.2, 0) is 26.5 Å². The Balaban J connectivity index is 0.00000360. The van der Waals surface area contributed by atoms with E-state index in [0.717, 1.165) is 82.6 Å². The molecule has 0 aliphatic carbocycles. The molecule has 0 atom stereocenters. The van der Waals surface area contributed by atoms with Crippen LogP contribution in [0.1, 0.15) is 26.3 Å². The standard InChI is InChI=1S/C46H32N3O2.Pt/c1-46(2,3)32-22-30(37-24-29(19-20-47-37)27-11-5-4-6-12-27)21-31(23-32)38-26-49-39-16-10-9-15-34(39)35-25-36-41-33-14-8-7-13-28(33)17-18-40(41)51-44(36)43(50)42(35)45(49)48-38;/h4-20,22-26,50H,1-3H3;/q-1;. The molecular formula is C46H32N3O2Pt-. The minimum absolute atomic E-state index is 0. The van der Waals surface area contributed by atoms with E-state index in [1.165, 1.54) is 0 Å². The predicted molar refractivity (Wildman–Crippen MR) is 208 cm³/mol. The van der Waals surface area contributed by atoms with Crippen LogP contribution in [0.2, 0.25) is 0 Å². The number of pyridine rings is 2. The van der Waals surface area contributed by atoms with E-state index >= 15 is 0 Å². The molecule has 5 nitrogen and oxygen atoms in total. The van der Waals surface area contributed by atoms with Gasteiger partial charge in [-0.2, -0.15) is 0 Å². The maximum absolute atomic E-state index is 12.1. The van der Waals surface area contributed by atoms with Crippen molar-refractivity contribution >= 4 is 60.0 Å². The average molecular weight is 854 g/mol. The van der Waals surface area contributed by atoms with Gasteiger partial charge < -0.3 is 13.9 Å². The maximum atomic E-state index is 12.1. The van der Waals surface area contributed by atoms with Crippen LogP contribution in [0, 0.1) is 6.07 Å². The zero-order chi connectivity index (χ0) is 34.4. The normalized spacial score (nSPS) is 12.1. The van der Waals surface area contributed by atoms with Gasteiger partial charge >= 0.3 is 0 Å². The summed E-state index contributed by atoms with van der Waals surface area (Å²) in [6.07, 6.45) is 3.92. The summed E-state index contributed by atoms with van der Waals surface area (Å²) in [6, 6.07) is 45.4. The van der Waals surface area contributed by atoms with Crippen LogP contribution in [0.15, 0.2) is 138 Å². The van der Waals surface area contributed by atoms with E-state index in [-0.39, 0.29) is 32.2 Å². The molecule has 0 aliphatic heterocycles. The summed E-state index contributed by atoms with van der Waals surface area (Å²) in [6.45, 7) is 6.65. The molecule has 10 aromatic rings. The Morgan fingerprint density at radius 3 is 2.21 bits per heavy atom. The molecule has 0 spiro atoms. The number of phenols is 1. The number of phenolic OH excluding ortho intramolecular Hbond substituents is 1. The van der Waals surface area contributed by atoms with Gasteiger partial charge in [0.05, 0.1) is 10.9 Å². The second kappa shape index (κ2) is 11.9. The van der Waals surface area contributed by atoms with Gasteiger partial charge in [0, 0.05) is 61.0 Å². The molecule has 1 N–H and O–H groups in total. The quantitative estimate of drug-likeness (QED) is 0.142. The Bertz CT molecular complexity index is 3030. The van der Waals surface area contributed by atoms with Crippen LogP contribution >= 0.6 is 0 Å². The van der Waals surface area contributed by atoms with E-state index in [1.54, 1.807) is 0 Å². The number of nitrogens with zero attached hydrogens (tertiary/aromatic N) is 3. The first kappa shape index (κ1) is 32.2. The van der Waals surface area contributed by atoms with Gasteiger partial charge in [-0.1, -0.05) is 117 Å². The van der Waals surface area contributed by atoms with Gasteiger partial charge in [0.2, 0.25) is 0 Å². The van der Waals surface area contributed by atoms with E-state index in [0.29, 0.717) is 16.6 Å². The fourth-order valence-electron chi connectivity index (χ4n) is 7.55. The summed E-state index contributed by atoms with van der Waals surface area (Å²) in [5, 5.41) is 18.8. The number of para-hydroxylation sites is 1. The third kappa shape index (κ3) is 4.95. The Kier molecular flexibility index (Phi) is 7.36. The second-order valence-corrected chi connectivity index (χ2v) is 14.4. The molecule has 0 radical (unpaired) electrons. The number of rotatable bonds is 3. The van der Waals surface area contributed by atoms with Crippen LogP contribution in [0.25, 0.3) is 93.7 Å². The molecule has 0 bridgehead atoms. The van der Waals surface area contributed by atoms with Crippen LogP contribution in [0.5, 0.6) is 5.75 Å². The maximum Gasteiger partial charge on any atom is 0.177 e. The number of aromatic hydroxyl groups is 1. The second-order valence-electron chi connectivity index (χ2n) is 14.4. The number of furan rings is 1. The summed E-state index contributed by atoms with van der Waals surface area (Å²) in [5.41, 5.74) is 9.49. The van der Waals surface area contributed by atoms with Gasteiger partial charge in [-0.15, -0.1) is 23.8 Å². The van der Waals surface area contributed by atoms with Gasteiger partial charge in [-0.05, 0) is 57.0 Å². The van der Waals surface area contributed by atoms with Crippen molar-refractivity contribution in [3.8, 4) is 39.4 Å². The fraction of sp³-hybridized carbons (Fsp3) is 0.0870. The zero-order valence-electron chi connectivity index (χ0n) is 28.7. The van der Waals surface area contributed by atoms with Crippen LogP contribution in [-0.4, -0.2) is 19.5 Å². The van der Waals surface area contributed by atoms with E-state index in [2.05, 4.69) is 116 Å². The van der Waals surface area contributed by atoms with Crippen molar-refractivity contribution < 1.29 is 30.6 Å². The van der Waals surface area contributed by atoms with Crippen molar-refractivity contribution in [1.29, 1.82) is 0 Å². The van der Waals surface area contributed by atoms with Gasteiger partial charge in [-0.25, -0.2) is 0 Å².